The summed E-state index contributed by atoms with van der Waals surface area (Å²) in [5, 5.41) is 8.74. The van der Waals surface area contributed by atoms with Gasteiger partial charge < -0.3 is 19.2 Å². The Bertz CT molecular complexity index is 436. The van der Waals surface area contributed by atoms with E-state index in [4.69, 9.17) is 14.3 Å². The van der Waals surface area contributed by atoms with Crippen molar-refractivity contribution >= 4 is 12.1 Å². The van der Waals surface area contributed by atoms with Crippen molar-refractivity contribution in [3.8, 4) is 0 Å². The largest absolute Gasteiger partial charge is 0.475 e. The third kappa shape index (κ3) is 1.86. The van der Waals surface area contributed by atoms with Gasteiger partial charge in [0.05, 0.1) is 13.1 Å². The number of aromatic carboxylic acids is 1. The van der Waals surface area contributed by atoms with E-state index in [1.807, 2.05) is 0 Å². The first-order valence-corrected chi connectivity index (χ1v) is 4.82. The van der Waals surface area contributed by atoms with Gasteiger partial charge in [-0.2, -0.15) is 0 Å². The topological polar surface area (TPSA) is 80.0 Å². The molecule has 1 amide bonds. The number of nitrogens with zero attached hydrogens (tertiary/aromatic N) is 1. The predicted molar refractivity (Wildman–Crippen MR) is 52.2 cm³/mol. The second kappa shape index (κ2) is 3.88. The van der Waals surface area contributed by atoms with Crippen molar-refractivity contribution in [2.45, 2.75) is 13.5 Å². The van der Waals surface area contributed by atoms with Gasteiger partial charge in [0.25, 0.3) is 0 Å². The molecule has 0 aliphatic carbocycles. The molecule has 1 N–H and O–H groups in total. The molecule has 1 aliphatic rings. The fourth-order valence-corrected chi connectivity index (χ4v) is 1.56. The third-order valence-corrected chi connectivity index (χ3v) is 2.44. The Morgan fingerprint density at radius 1 is 1.62 bits per heavy atom. The molecule has 0 bridgehead atoms. The molecule has 1 aromatic rings. The Morgan fingerprint density at radius 2 is 2.38 bits per heavy atom. The SMILES string of the molecule is Cc1oc(C(=O)O)cc1CN1CCOC1=O. The average Bonchev–Trinajstić information content (AvgIpc) is 2.76. The third-order valence-electron chi connectivity index (χ3n) is 2.44. The van der Waals surface area contributed by atoms with Crippen LogP contribution >= 0.6 is 0 Å². The molecule has 0 saturated carbocycles. The first-order chi connectivity index (χ1) is 7.58. The minimum absolute atomic E-state index is 0.111. The number of hydrogen-bond donors (Lipinski definition) is 1. The van der Waals surface area contributed by atoms with Crippen molar-refractivity contribution in [3.63, 3.8) is 0 Å². The number of cyclic esters (lactones) is 1. The number of amides is 1. The van der Waals surface area contributed by atoms with Gasteiger partial charge in [0.2, 0.25) is 5.76 Å². The van der Waals surface area contributed by atoms with Crippen molar-refractivity contribution in [2.75, 3.05) is 13.2 Å². The Kier molecular flexibility index (Phi) is 2.55. The number of rotatable bonds is 3. The second-order valence-electron chi connectivity index (χ2n) is 3.53. The zero-order chi connectivity index (χ0) is 11.7. The summed E-state index contributed by atoms with van der Waals surface area (Å²) in [7, 11) is 0. The molecule has 2 heterocycles. The van der Waals surface area contributed by atoms with Crippen molar-refractivity contribution in [2.24, 2.45) is 0 Å². The van der Waals surface area contributed by atoms with Crippen LogP contribution < -0.4 is 0 Å². The normalized spacial score (nSPS) is 15.3. The van der Waals surface area contributed by atoms with Crippen molar-refractivity contribution in [1.82, 2.24) is 4.90 Å². The fourth-order valence-electron chi connectivity index (χ4n) is 1.56. The molecule has 6 nitrogen and oxygen atoms in total. The van der Waals surface area contributed by atoms with E-state index in [1.54, 1.807) is 6.92 Å². The molecule has 0 radical (unpaired) electrons. The molecule has 86 valence electrons. The molecular weight excluding hydrogens is 214 g/mol. The van der Waals surface area contributed by atoms with Gasteiger partial charge in [-0.3, -0.25) is 0 Å². The summed E-state index contributed by atoms with van der Waals surface area (Å²) < 4.78 is 9.82. The van der Waals surface area contributed by atoms with Gasteiger partial charge in [0, 0.05) is 5.56 Å². The van der Waals surface area contributed by atoms with E-state index in [2.05, 4.69) is 0 Å². The van der Waals surface area contributed by atoms with Crippen LogP contribution in [0, 0.1) is 6.92 Å². The van der Waals surface area contributed by atoms with E-state index in [1.165, 1.54) is 11.0 Å². The summed E-state index contributed by atoms with van der Waals surface area (Å²) >= 11 is 0. The lowest BCUT2D eigenvalue weighted by Gasteiger charge is -2.10. The Hall–Kier alpha value is -1.98. The van der Waals surface area contributed by atoms with Crippen LogP contribution in [0.25, 0.3) is 0 Å². The predicted octanol–water partition coefficient (Wildman–Crippen LogP) is 1.24. The number of carboxylic acids is 1. The van der Waals surface area contributed by atoms with Crippen LogP contribution in [0.4, 0.5) is 4.79 Å². The highest BCUT2D eigenvalue weighted by atomic mass is 16.6. The first-order valence-electron chi connectivity index (χ1n) is 4.82. The summed E-state index contributed by atoms with van der Waals surface area (Å²) in [5.41, 5.74) is 0.691. The van der Waals surface area contributed by atoms with Crippen LogP contribution in [0.3, 0.4) is 0 Å². The van der Waals surface area contributed by atoms with Crippen molar-refractivity contribution < 1.29 is 23.8 Å². The maximum atomic E-state index is 11.2. The van der Waals surface area contributed by atoms with Gasteiger partial charge >= 0.3 is 12.1 Å². The summed E-state index contributed by atoms with van der Waals surface area (Å²) in [6.45, 7) is 2.89. The molecule has 1 fully saturated rings. The lowest BCUT2D eigenvalue weighted by atomic mass is 10.2. The Morgan fingerprint density at radius 3 is 2.88 bits per heavy atom. The van der Waals surface area contributed by atoms with Crippen LogP contribution in [-0.2, 0) is 11.3 Å². The summed E-state index contributed by atoms with van der Waals surface area (Å²) in [6, 6.07) is 1.43. The fraction of sp³-hybridized carbons (Fsp3) is 0.400. The van der Waals surface area contributed by atoms with E-state index in [9.17, 15) is 9.59 Å². The number of aryl methyl sites for hydroxylation is 1. The highest BCUT2D eigenvalue weighted by molar-refractivity contribution is 5.84. The van der Waals surface area contributed by atoms with Crippen LogP contribution in [0.2, 0.25) is 0 Å². The van der Waals surface area contributed by atoms with Crippen molar-refractivity contribution in [3.05, 3.63) is 23.2 Å². The molecule has 2 rings (SSSR count). The highest BCUT2D eigenvalue weighted by Crippen LogP contribution is 2.18. The van der Waals surface area contributed by atoms with Crippen LogP contribution in [0.5, 0.6) is 0 Å². The second-order valence-corrected chi connectivity index (χ2v) is 3.53. The number of furan rings is 1. The van der Waals surface area contributed by atoms with Crippen LogP contribution in [0.1, 0.15) is 21.9 Å². The van der Waals surface area contributed by atoms with E-state index in [0.717, 1.165) is 0 Å². The van der Waals surface area contributed by atoms with Crippen molar-refractivity contribution in [1.29, 1.82) is 0 Å². The van der Waals surface area contributed by atoms with Crippen LogP contribution in [0.15, 0.2) is 10.5 Å². The number of hydrogen-bond acceptors (Lipinski definition) is 4. The van der Waals surface area contributed by atoms with Gasteiger partial charge in [-0.25, -0.2) is 9.59 Å². The molecule has 0 atom stereocenters. The lowest BCUT2D eigenvalue weighted by Crippen LogP contribution is -2.23. The minimum atomic E-state index is -1.11. The van der Waals surface area contributed by atoms with Gasteiger partial charge in [0.15, 0.2) is 0 Å². The molecule has 1 aromatic heterocycles. The summed E-state index contributed by atoms with van der Waals surface area (Å²) in [4.78, 5) is 23.4. The van der Waals surface area contributed by atoms with E-state index in [-0.39, 0.29) is 11.9 Å². The van der Waals surface area contributed by atoms with E-state index < -0.39 is 5.97 Å². The molecule has 16 heavy (non-hydrogen) atoms. The number of ether oxygens (including phenoxy) is 1. The Balaban J connectivity index is 2.15. The molecule has 0 spiro atoms. The zero-order valence-electron chi connectivity index (χ0n) is 8.73. The standard InChI is InChI=1S/C10H11NO5/c1-6-7(4-8(16-6)9(12)13)5-11-2-3-15-10(11)14/h4H,2-3,5H2,1H3,(H,12,13). The van der Waals surface area contributed by atoms with Gasteiger partial charge in [-0.05, 0) is 13.0 Å². The average molecular weight is 225 g/mol. The van der Waals surface area contributed by atoms with Gasteiger partial charge in [-0.1, -0.05) is 0 Å². The lowest BCUT2D eigenvalue weighted by molar-refractivity contribution is 0.0661. The van der Waals surface area contributed by atoms with Crippen LogP contribution in [-0.4, -0.2) is 35.2 Å². The monoisotopic (exact) mass is 225 g/mol. The molecule has 0 aromatic carbocycles. The molecule has 1 aliphatic heterocycles. The molecule has 6 heteroatoms. The highest BCUT2D eigenvalue weighted by Gasteiger charge is 2.24. The number of carbonyl (C=O) groups is 2. The Labute approximate surface area is 91.4 Å². The molecular formula is C10H11NO5. The molecule has 1 saturated heterocycles. The maximum absolute atomic E-state index is 11.2. The van der Waals surface area contributed by atoms with Gasteiger partial charge in [-0.15, -0.1) is 0 Å². The summed E-state index contributed by atoms with van der Waals surface area (Å²) in [6.07, 6.45) is -0.377. The molecule has 0 unspecified atom stereocenters. The van der Waals surface area contributed by atoms with E-state index in [0.29, 0.717) is 31.0 Å². The number of carbonyl (C=O) groups excluding carboxylic acids is 1. The van der Waals surface area contributed by atoms with E-state index >= 15 is 0 Å². The quantitative estimate of drug-likeness (QED) is 0.837. The number of carboxylic acid groups (broad SMARTS) is 1. The minimum Gasteiger partial charge on any atom is -0.475 e. The zero-order valence-corrected chi connectivity index (χ0v) is 8.73. The van der Waals surface area contributed by atoms with Gasteiger partial charge in [0.1, 0.15) is 12.4 Å². The first kappa shape index (κ1) is 10.5. The maximum Gasteiger partial charge on any atom is 0.410 e. The summed E-state index contributed by atoms with van der Waals surface area (Å²) in [5.74, 6) is -0.712. The smallest absolute Gasteiger partial charge is 0.410 e.